The maximum absolute atomic E-state index is 11.9. The Morgan fingerprint density at radius 1 is 1.23 bits per heavy atom. The number of anilines is 2. The largest absolute Gasteiger partial charge is 0.467 e. The summed E-state index contributed by atoms with van der Waals surface area (Å²) in [5, 5.41) is 2.67. The molecular weight excluding hydrogens is 288 g/mol. The zero-order valence-electron chi connectivity index (χ0n) is 12.5. The molecule has 116 valence electrons. The van der Waals surface area contributed by atoms with E-state index in [1.807, 2.05) is 0 Å². The van der Waals surface area contributed by atoms with Gasteiger partial charge in [0.15, 0.2) is 12.4 Å². The monoisotopic (exact) mass is 304 g/mol. The van der Waals surface area contributed by atoms with E-state index in [0.717, 1.165) is 0 Å². The highest BCUT2D eigenvalue weighted by Crippen LogP contribution is 2.22. The van der Waals surface area contributed by atoms with Crippen LogP contribution in [0.25, 0.3) is 0 Å². The molecule has 0 aromatic carbocycles. The zero-order chi connectivity index (χ0) is 15.9. The number of rotatable bonds is 6. The van der Waals surface area contributed by atoms with Crippen molar-refractivity contribution >= 4 is 17.4 Å². The van der Waals surface area contributed by atoms with Gasteiger partial charge in [-0.05, 0) is 6.07 Å². The fourth-order valence-electron chi connectivity index (χ4n) is 1.56. The number of amides is 1. The first-order valence-corrected chi connectivity index (χ1v) is 6.38. The van der Waals surface area contributed by atoms with Crippen LogP contribution < -0.4 is 19.7 Å². The Bertz CT molecular complexity index is 635. The lowest BCUT2D eigenvalue weighted by molar-refractivity contribution is -0.118. The molecular formula is C13H16N6O3. The third-order valence-electron chi connectivity index (χ3n) is 2.50. The normalized spacial score (nSPS) is 9.95. The molecule has 0 atom stereocenters. The lowest BCUT2D eigenvalue weighted by Crippen LogP contribution is -2.23. The molecule has 9 heteroatoms. The quantitative estimate of drug-likeness (QED) is 0.816. The molecule has 0 aliphatic carbocycles. The van der Waals surface area contributed by atoms with E-state index in [1.165, 1.54) is 25.7 Å². The molecule has 0 spiro atoms. The van der Waals surface area contributed by atoms with Gasteiger partial charge in [-0.1, -0.05) is 0 Å². The third kappa shape index (κ3) is 4.01. The van der Waals surface area contributed by atoms with Gasteiger partial charge in [-0.25, -0.2) is 15.0 Å². The second-order valence-corrected chi connectivity index (χ2v) is 4.36. The summed E-state index contributed by atoms with van der Waals surface area (Å²) in [5.74, 6) is 0.153. The molecule has 2 heterocycles. The van der Waals surface area contributed by atoms with Crippen molar-refractivity contribution < 1.29 is 14.3 Å². The van der Waals surface area contributed by atoms with E-state index in [2.05, 4.69) is 25.3 Å². The van der Waals surface area contributed by atoms with E-state index in [-0.39, 0.29) is 24.5 Å². The molecule has 1 N–H and O–H groups in total. The summed E-state index contributed by atoms with van der Waals surface area (Å²) >= 11 is 0. The van der Waals surface area contributed by atoms with Crippen LogP contribution in [-0.2, 0) is 4.79 Å². The number of carbonyl (C=O) groups is 1. The molecule has 2 aromatic rings. The number of hydrogen-bond acceptors (Lipinski definition) is 8. The average Bonchev–Trinajstić information content (AvgIpc) is 2.54. The molecule has 0 radical (unpaired) electrons. The Morgan fingerprint density at radius 3 is 2.59 bits per heavy atom. The predicted octanol–water partition coefficient (Wildman–Crippen LogP) is 0.359. The molecule has 0 aliphatic rings. The summed E-state index contributed by atoms with van der Waals surface area (Å²) in [7, 11) is 5.07. The molecule has 2 rings (SSSR count). The van der Waals surface area contributed by atoms with Crippen molar-refractivity contribution in [3.05, 3.63) is 24.7 Å². The molecule has 2 aromatic heterocycles. The van der Waals surface area contributed by atoms with Gasteiger partial charge in [0.05, 0.1) is 13.3 Å². The number of nitrogens with one attached hydrogen (secondary N) is 1. The average molecular weight is 304 g/mol. The van der Waals surface area contributed by atoms with Crippen LogP contribution in [-0.4, -0.2) is 53.7 Å². The first-order chi connectivity index (χ1) is 10.6. The highest BCUT2D eigenvalue weighted by molar-refractivity contribution is 5.94. The van der Waals surface area contributed by atoms with Gasteiger partial charge in [0.25, 0.3) is 5.91 Å². The minimum absolute atomic E-state index is 0.136. The predicted molar refractivity (Wildman–Crippen MR) is 79.1 cm³/mol. The zero-order valence-corrected chi connectivity index (χ0v) is 12.5. The van der Waals surface area contributed by atoms with Gasteiger partial charge < -0.3 is 19.7 Å². The van der Waals surface area contributed by atoms with Crippen LogP contribution in [0.2, 0.25) is 0 Å². The maximum atomic E-state index is 11.9. The number of methoxy groups -OCH3 is 1. The van der Waals surface area contributed by atoms with Gasteiger partial charge in [0, 0.05) is 26.5 Å². The second-order valence-electron chi connectivity index (χ2n) is 4.36. The maximum Gasteiger partial charge on any atom is 0.318 e. The summed E-state index contributed by atoms with van der Waals surface area (Å²) < 4.78 is 10.1. The van der Waals surface area contributed by atoms with Crippen LogP contribution >= 0.6 is 0 Å². The van der Waals surface area contributed by atoms with Crippen molar-refractivity contribution in [1.29, 1.82) is 0 Å². The van der Waals surface area contributed by atoms with Crippen LogP contribution in [0.5, 0.6) is 12.0 Å². The van der Waals surface area contributed by atoms with Crippen molar-refractivity contribution in [2.45, 2.75) is 0 Å². The lowest BCUT2D eigenvalue weighted by Gasteiger charge is -2.16. The topological polar surface area (TPSA) is 102 Å². The molecule has 0 unspecified atom stereocenters. The van der Waals surface area contributed by atoms with Crippen molar-refractivity contribution in [3.8, 4) is 12.0 Å². The van der Waals surface area contributed by atoms with Crippen LogP contribution in [0.3, 0.4) is 0 Å². The van der Waals surface area contributed by atoms with Crippen molar-refractivity contribution in [3.63, 3.8) is 0 Å². The van der Waals surface area contributed by atoms with E-state index < -0.39 is 0 Å². The number of nitrogens with zero attached hydrogens (tertiary/aromatic N) is 5. The van der Waals surface area contributed by atoms with Gasteiger partial charge in [-0.2, -0.15) is 4.98 Å². The molecule has 0 bridgehead atoms. The number of ether oxygens (including phenoxy) is 2. The summed E-state index contributed by atoms with van der Waals surface area (Å²) in [6, 6.07) is 2.01. The molecule has 9 nitrogen and oxygen atoms in total. The number of hydrogen-bond donors (Lipinski definition) is 1. The first-order valence-electron chi connectivity index (χ1n) is 6.38. The Morgan fingerprint density at radius 2 is 1.95 bits per heavy atom. The minimum Gasteiger partial charge on any atom is -0.467 e. The fraction of sp³-hybridized carbons (Fsp3) is 0.308. The number of aromatic nitrogens is 4. The van der Waals surface area contributed by atoms with Gasteiger partial charge in [0.2, 0.25) is 0 Å². The fourth-order valence-corrected chi connectivity index (χ4v) is 1.56. The third-order valence-corrected chi connectivity index (χ3v) is 2.50. The summed E-state index contributed by atoms with van der Waals surface area (Å²) in [5.41, 5.74) is 0.452. The van der Waals surface area contributed by atoms with Gasteiger partial charge in [-0.15, -0.1) is 0 Å². The van der Waals surface area contributed by atoms with Crippen LogP contribution in [0, 0.1) is 0 Å². The minimum atomic E-state index is -0.371. The Hall–Kier alpha value is -2.97. The Kier molecular flexibility index (Phi) is 5.02. The number of carbonyl (C=O) groups excluding carboxylic acids is 1. The van der Waals surface area contributed by atoms with E-state index in [1.54, 1.807) is 25.1 Å². The lowest BCUT2D eigenvalue weighted by atomic mass is 10.4. The highest BCUT2D eigenvalue weighted by atomic mass is 16.5. The van der Waals surface area contributed by atoms with Crippen LogP contribution in [0.1, 0.15) is 0 Å². The van der Waals surface area contributed by atoms with E-state index in [9.17, 15) is 4.79 Å². The molecule has 0 saturated carbocycles. The van der Waals surface area contributed by atoms with Crippen LogP contribution in [0.15, 0.2) is 24.7 Å². The summed E-state index contributed by atoms with van der Waals surface area (Å²) in [6.45, 7) is -0.219. The Balaban J connectivity index is 2.02. The molecule has 22 heavy (non-hydrogen) atoms. The van der Waals surface area contributed by atoms with E-state index in [4.69, 9.17) is 9.47 Å². The second kappa shape index (κ2) is 7.16. The van der Waals surface area contributed by atoms with Crippen molar-refractivity contribution in [1.82, 2.24) is 19.9 Å². The van der Waals surface area contributed by atoms with Gasteiger partial charge in [-0.3, -0.25) is 4.79 Å². The first kappa shape index (κ1) is 15.4. The van der Waals surface area contributed by atoms with Gasteiger partial charge >= 0.3 is 12.0 Å². The SMILES string of the molecule is COc1ncc(NC(=O)COc2ncccn2)c(N(C)C)n1. The molecule has 1 amide bonds. The summed E-state index contributed by atoms with van der Waals surface area (Å²) in [4.78, 5) is 29.5. The van der Waals surface area contributed by atoms with Crippen molar-refractivity contribution in [2.24, 2.45) is 0 Å². The molecule has 0 aliphatic heterocycles. The van der Waals surface area contributed by atoms with Crippen LogP contribution in [0.4, 0.5) is 11.5 Å². The van der Waals surface area contributed by atoms with Gasteiger partial charge in [0.1, 0.15) is 5.69 Å². The standard InChI is InChI=1S/C13H16N6O3/c1-19(2)11-9(7-16-13(18-11)21-3)17-10(20)8-22-12-14-5-4-6-15-12/h4-7H,8H2,1-3H3,(H,17,20). The summed E-state index contributed by atoms with van der Waals surface area (Å²) in [6.07, 6.45) is 4.53. The smallest absolute Gasteiger partial charge is 0.318 e. The molecule has 0 fully saturated rings. The Labute approximate surface area is 127 Å². The van der Waals surface area contributed by atoms with E-state index in [0.29, 0.717) is 11.5 Å². The van der Waals surface area contributed by atoms with Crippen molar-refractivity contribution in [2.75, 3.05) is 38.0 Å². The molecule has 0 saturated heterocycles. The highest BCUT2D eigenvalue weighted by Gasteiger charge is 2.13. The van der Waals surface area contributed by atoms with E-state index >= 15 is 0 Å².